The van der Waals surface area contributed by atoms with E-state index in [1.54, 1.807) is 6.07 Å². The first-order valence-electron chi connectivity index (χ1n) is 8.73. The lowest BCUT2D eigenvalue weighted by atomic mass is 10.1. The maximum Gasteiger partial charge on any atom is 0.158 e. The van der Waals surface area contributed by atoms with Gasteiger partial charge in [0.1, 0.15) is 5.58 Å². The fourth-order valence-electron chi connectivity index (χ4n) is 2.29. The third kappa shape index (κ3) is 1.74. The summed E-state index contributed by atoms with van der Waals surface area (Å²) in [5.41, 5.74) is 1.88. The summed E-state index contributed by atoms with van der Waals surface area (Å²) >= 11 is 0. The topological polar surface area (TPSA) is 25.2 Å². The Hall–Kier alpha value is -2.74. The number of benzene rings is 3. The molecule has 3 aromatic carbocycles. The Labute approximate surface area is 123 Å². The van der Waals surface area contributed by atoms with Gasteiger partial charge in [-0.1, -0.05) is 48.5 Å². The van der Waals surface area contributed by atoms with Gasteiger partial charge < -0.3 is 9.73 Å². The quantitative estimate of drug-likeness (QED) is 0.529. The first-order chi connectivity index (χ1) is 12.0. The lowest BCUT2D eigenvalue weighted by molar-refractivity contribution is 0.670. The molecule has 4 rings (SSSR count). The zero-order valence-electron chi connectivity index (χ0n) is 15.4. The van der Waals surface area contributed by atoms with Gasteiger partial charge in [-0.3, -0.25) is 0 Å². The summed E-state index contributed by atoms with van der Waals surface area (Å²) in [6.45, 7) is 0. The second-order valence-electron chi connectivity index (χ2n) is 4.41. The lowest BCUT2D eigenvalue weighted by Crippen LogP contribution is -1.89. The number of furan rings is 1. The molecular weight excluding hydrogens is 246 g/mol. The molecule has 0 aliphatic heterocycles. The van der Waals surface area contributed by atoms with Gasteiger partial charge in [-0.15, -0.1) is 0 Å². The molecule has 0 spiro atoms. The highest BCUT2D eigenvalue weighted by Crippen LogP contribution is 2.34. The van der Waals surface area contributed by atoms with E-state index in [2.05, 4.69) is 5.32 Å². The molecule has 0 aliphatic carbocycles. The van der Waals surface area contributed by atoms with E-state index in [1.807, 2.05) is 36.4 Å². The molecule has 2 heteroatoms. The Morgan fingerprint density at radius 1 is 0.850 bits per heavy atom. The molecule has 0 aliphatic rings. The third-order valence-corrected chi connectivity index (χ3v) is 3.16. The average molecular weight is 264 g/mol. The zero-order chi connectivity index (χ0) is 17.7. The molecule has 20 heavy (non-hydrogen) atoms. The molecule has 0 amide bonds. The first-order valence-corrected chi connectivity index (χ1v) is 6.23. The van der Waals surface area contributed by atoms with Gasteiger partial charge in [-0.25, -0.2) is 0 Å². The molecule has 0 saturated heterocycles. The second kappa shape index (κ2) is 4.42. The van der Waals surface area contributed by atoms with Crippen LogP contribution in [0.5, 0.6) is 0 Å². The lowest BCUT2D eigenvalue weighted by Gasteiger charge is -2.06. The number of rotatable bonds is 2. The van der Waals surface area contributed by atoms with E-state index in [0.29, 0.717) is 11.3 Å². The Morgan fingerprint density at radius 3 is 2.55 bits per heavy atom. The van der Waals surface area contributed by atoms with Gasteiger partial charge in [-0.2, -0.15) is 0 Å². The van der Waals surface area contributed by atoms with Gasteiger partial charge in [0.25, 0.3) is 0 Å². The van der Waals surface area contributed by atoms with Crippen LogP contribution in [-0.4, -0.2) is 0 Å². The second-order valence-corrected chi connectivity index (χ2v) is 4.41. The van der Waals surface area contributed by atoms with Crippen LogP contribution in [0.1, 0.15) is 6.85 Å². The van der Waals surface area contributed by atoms with Crippen molar-refractivity contribution in [3.05, 3.63) is 72.7 Å². The van der Waals surface area contributed by atoms with E-state index in [9.17, 15) is 0 Å². The Bertz CT molecular complexity index is 1110. The summed E-state index contributed by atoms with van der Waals surface area (Å²) in [6, 6.07) is 11.4. The summed E-state index contributed by atoms with van der Waals surface area (Å²) < 4.78 is 45.2. The molecule has 1 heterocycles. The Balaban J connectivity index is 1.93. The van der Waals surface area contributed by atoms with Gasteiger partial charge >= 0.3 is 0 Å². The zero-order valence-corrected chi connectivity index (χ0v) is 10.4. The maximum absolute atomic E-state index is 8.03. The van der Waals surface area contributed by atoms with Crippen LogP contribution < -0.4 is 5.32 Å². The molecule has 1 N–H and O–H groups in total. The van der Waals surface area contributed by atoms with Crippen molar-refractivity contribution in [2.24, 2.45) is 0 Å². The van der Waals surface area contributed by atoms with Crippen molar-refractivity contribution < 1.29 is 11.3 Å². The predicted octanol–water partition coefficient (Wildman–Crippen LogP) is 5.33. The SMILES string of the molecule is [2H]c1c([2H])c([2H])c(Nc2cccc3c2oc2ccccc23)c([2H])c1[2H]. The smallest absolute Gasteiger partial charge is 0.158 e. The highest BCUT2D eigenvalue weighted by Gasteiger charge is 2.09. The van der Waals surface area contributed by atoms with Crippen LogP contribution >= 0.6 is 0 Å². The molecule has 0 fully saturated rings. The van der Waals surface area contributed by atoms with Gasteiger partial charge in [0.2, 0.25) is 0 Å². The van der Waals surface area contributed by atoms with Crippen molar-refractivity contribution in [2.75, 3.05) is 5.32 Å². The van der Waals surface area contributed by atoms with Crippen LogP contribution in [0.3, 0.4) is 0 Å². The van der Waals surface area contributed by atoms with E-state index >= 15 is 0 Å². The first kappa shape index (κ1) is 7.15. The fraction of sp³-hybridized carbons (Fsp3) is 0. The summed E-state index contributed by atoms with van der Waals surface area (Å²) in [4.78, 5) is 0. The maximum atomic E-state index is 8.03. The molecule has 1 aromatic heterocycles. The van der Waals surface area contributed by atoms with Gasteiger partial charge in [0.15, 0.2) is 5.58 Å². The molecule has 4 aromatic rings. The number of nitrogens with one attached hydrogen (secondary N) is 1. The van der Waals surface area contributed by atoms with Crippen LogP contribution in [0.15, 0.2) is 77.1 Å². The number of hydrogen-bond acceptors (Lipinski definition) is 2. The molecule has 96 valence electrons. The summed E-state index contributed by atoms with van der Waals surface area (Å²) in [5, 5.41) is 4.82. The summed E-state index contributed by atoms with van der Waals surface area (Å²) in [7, 11) is 0. The van der Waals surface area contributed by atoms with Crippen LogP contribution in [-0.2, 0) is 0 Å². The Kier molecular flexibility index (Phi) is 1.58. The molecule has 0 saturated carbocycles. The minimum Gasteiger partial charge on any atom is -0.454 e. The monoisotopic (exact) mass is 264 g/mol. The number of fused-ring (bicyclic) bond motifs is 3. The number of hydrogen-bond donors (Lipinski definition) is 1. The molecule has 2 nitrogen and oxygen atoms in total. The normalized spacial score (nSPS) is 14.5. The van der Waals surface area contributed by atoms with Crippen molar-refractivity contribution in [1.82, 2.24) is 0 Å². The van der Waals surface area contributed by atoms with Crippen LogP contribution in [0, 0.1) is 0 Å². The van der Waals surface area contributed by atoms with Crippen molar-refractivity contribution >= 4 is 33.3 Å². The minimum absolute atomic E-state index is 0.0268. The standard InChI is InChI=1S/C18H13NO/c1-2-7-13(8-3-1)19-16-11-6-10-15-14-9-4-5-12-17(14)20-18(15)16/h1-12,19H/i1D,2D,3D,7D,8D. The third-order valence-electron chi connectivity index (χ3n) is 3.16. The number of para-hydroxylation sites is 3. The van der Waals surface area contributed by atoms with Crippen molar-refractivity contribution in [1.29, 1.82) is 0 Å². The fourth-order valence-corrected chi connectivity index (χ4v) is 2.29. The van der Waals surface area contributed by atoms with Crippen LogP contribution in [0.2, 0.25) is 0 Å². The molecule has 0 atom stereocenters. The summed E-state index contributed by atoms with van der Waals surface area (Å²) in [5.74, 6) is 0. The minimum atomic E-state index is -0.414. The molecule has 0 bridgehead atoms. The van der Waals surface area contributed by atoms with E-state index in [-0.39, 0.29) is 29.9 Å². The highest BCUT2D eigenvalue weighted by atomic mass is 16.3. The van der Waals surface area contributed by atoms with Crippen molar-refractivity contribution in [3.8, 4) is 0 Å². The average Bonchev–Trinajstić information content (AvgIpc) is 3.01. The van der Waals surface area contributed by atoms with E-state index in [1.165, 1.54) is 0 Å². The van der Waals surface area contributed by atoms with Crippen molar-refractivity contribution in [3.63, 3.8) is 0 Å². The Morgan fingerprint density at radius 2 is 1.65 bits per heavy atom. The van der Waals surface area contributed by atoms with Crippen LogP contribution in [0.25, 0.3) is 21.9 Å². The van der Waals surface area contributed by atoms with Crippen LogP contribution in [0.4, 0.5) is 11.4 Å². The highest BCUT2D eigenvalue weighted by molar-refractivity contribution is 6.09. The van der Waals surface area contributed by atoms with E-state index in [0.717, 1.165) is 16.4 Å². The van der Waals surface area contributed by atoms with E-state index < -0.39 is 6.04 Å². The van der Waals surface area contributed by atoms with Gasteiger partial charge in [-0.05, 0) is 24.2 Å². The molecule has 0 unspecified atom stereocenters. The predicted molar refractivity (Wildman–Crippen MR) is 83.4 cm³/mol. The van der Waals surface area contributed by atoms with Crippen molar-refractivity contribution in [2.45, 2.75) is 0 Å². The molecule has 0 radical (unpaired) electrons. The molecular formula is C18H13NO. The number of anilines is 2. The summed E-state index contributed by atoms with van der Waals surface area (Å²) in [6.07, 6.45) is 0. The largest absolute Gasteiger partial charge is 0.454 e. The van der Waals surface area contributed by atoms with Gasteiger partial charge in [0, 0.05) is 16.5 Å². The van der Waals surface area contributed by atoms with Gasteiger partial charge in [0.05, 0.1) is 12.5 Å². The van der Waals surface area contributed by atoms with E-state index in [4.69, 9.17) is 11.3 Å².